The van der Waals surface area contributed by atoms with Crippen molar-refractivity contribution in [2.24, 2.45) is 0 Å². The molecule has 0 saturated carbocycles. The number of hydrogen-bond donors (Lipinski definition) is 1. The Hall–Kier alpha value is -2.45. The molecule has 0 spiro atoms. The lowest BCUT2D eigenvalue weighted by Gasteiger charge is -2.38. The molecule has 2 aromatic rings. The minimum atomic E-state index is -1.84. The third-order valence-electron chi connectivity index (χ3n) is 8.17. The number of hydrogen-bond acceptors (Lipinski definition) is 6. The average molecular weight is 495 g/mol. The standard InChI is InChI=1S/C27H38N4O3Si/c1-17-13-21-22(16-29-26(21)32)30-25(17)31-11-9-19(10-12-31)33-20-14-18-7-8-23(24(18)28-15-20)34-35(5,6)27(2,3)4/h13-15,19,23H,7-12,16H2,1-6H3,(H,29,32). The monoisotopic (exact) mass is 494 g/mol. The number of carbonyl (C=O) groups is 1. The number of ether oxygens (including phenoxy) is 1. The van der Waals surface area contributed by atoms with Crippen molar-refractivity contribution >= 4 is 20.0 Å². The van der Waals surface area contributed by atoms with Gasteiger partial charge >= 0.3 is 0 Å². The van der Waals surface area contributed by atoms with Crippen LogP contribution in [0.1, 0.15) is 79.0 Å². The molecular formula is C27H38N4O3Si. The summed E-state index contributed by atoms with van der Waals surface area (Å²) in [6.45, 7) is 15.8. The Bertz CT molecular complexity index is 1140. The summed E-state index contributed by atoms with van der Waals surface area (Å²) in [4.78, 5) is 23.9. The molecule has 3 aliphatic rings. The molecule has 0 radical (unpaired) electrons. The highest BCUT2D eigenvalue weighted by molar-refractivity contribution is 6.74. The summed E-state index contributed by atoms with van der Waals surface area (Å²) < 4.78 is 13.1. The summed E-state index contributed by atoms with van der Waals surface area (Å²) in [6.07, 6.45) is 6.03. The number of aromatic nitrogens is 2. The zero-order valence-electron chi connectivity index (χ0n) is 21.9. The van der Waals surface area contributed by atoms with Crippen LogP contribution >= 0.6 is 0 Å². The summed E-state index contributed by atoms with van der Waals surface area (Å²) in [6, 6.07) is 4.15. The van der Waals surface area contributed by atoms with Crippen molar-refractivity contribution in [3.05, 3.63) is 46.4 Å². The van der Waals surface area contributed by atoms with Crippen LogP contribution in [0.5, 0.6) is 5.75 Å². The molecular weight excluding hydrogens is 456 g/mol. The van der Waals surface area contributed by atoms with Crippen molar-refractivity contribution in [2.75, 3.05) is 18.0 Å². The van der Waals surface area contributed by atoms with Crippen LogP contribution in [0.15, 0.2) is 18.3 Å². The molecule has 1 fully saturated rings. The molecule has 1 saturated heterocycles. The van der Waals surface area contributed by atoms with Crippen LogP contribution in [0.4, 0.5) is 5.82 Å². The van der Waals surface area contributed by atoms with E-state index < -0.39 is 8.32 Å². The molecule has 1 amide bonds. The predicted octanol–water partition coefficient (Wildman–Crippen LogP) is 5.09. The van der Waals surface area contributed by atoms with E-state index in [2.05, 4.69) is 50.1 Å². The first kappa shape index (κ1) is 24.3. The second-order valence-corrected chi connectivity index (χ2v) is 16.5. The molecule has 35 heavy (non-hydrogen) atoms. The average Bonchev–Trinajstić information content (AvgIpc) is 3.35. The van der Waals surface area contributed by atoms with E-state index in [9.17, 15) is 4.79 Å². The van der Waals surface area contributed by atoms with Gasteiger partial charge < -0.3 is 19.4 Å². The van der Waals surface area contributed by atoms with Gasteiger partial charge in [-0.05, 0) is 61.2 Å². The van der Waals surface area contributed by atoms with Crippen LogP contribution in [0, 0.1) is 6.92 Å². The second kappa shape index (κ2) is 8.89. The fraction of sp³-hybridized carbons (Fsp3) is 0.593. The minimum Gasteiger partial charge on any atom is -0.489 e. The Balaban J connectivity index is 1.20. The van der Waals surface area contributed by atoms with E-state index >= 15 is 0 Å². The van der Waals surface area contributed by atoms with Gasteiger partial charge in [-0.2, -0.15) is 0 Å². The number of nitrogens with zero attached hydrogens (tertiary/aromatic N) is 3. The fourth-order valence-corrected chi connectivity index (χ4v) is 6.35. The Kier molecular flexibility index (Phi) is 6.16. The molecule has 1 N–H and O–H groups in total. The number of nitrogens with one attached hydrogen (secondary N) is 1. The Morgan fingerprint density at radius 2 is 1.89 bits per heavy atom. The molecule has 8 heteroatoms. The highest BCUT2D eigenvalue weighted by Gasteiger charge is 2.41. The van der Waals surface area contributed by atoms with Crippen LogP contribution in [0.2, 0.25) is 18.1 Å². The molecule has 7 nitrogen and oxygen atoms in total. The maximum Gasteiger partial charge on any atom is 0.253 e. The predicted molar refractivity (Wildman–Crippen MR) is 140 cm³/mol. The van der Waals surface area contributed by atoms with Crippen molar-refractivity contribution < 1.29 is 14.0 Å². The van der Waals surface area contributed by atoms with Gasteiger partial charge in [-0.15, -0.1) is 0 Å². The van der Waals surface area contributed by atoms with Crippen LogP contribution in [0.25, 0.3) is 0 Å². The van der Waals surface area contributed by atoms with E-state index in [1.165, 1.54) is 5.56 Å². The largest absolute Gasteiger partial charge is 0.489 e. The highest BCUT2D eigenvalue weighted by Crippen LogP contribution is 2.43. The van der Waals surface area contributed by atoms with Gasteiger partial charge in [0, 0.05) is 25.9 Å². The quantitative estimate of drug-likeness (QED) is 0.584. The highest BCUT2D eigenvalue weighted by atomic mass is 28.4. The van der Waals surface area contributed by atoms with E-state index in [1.54, 1.807) is 0 Å². The molecule has 5 rings (SSSR count). The number of carbonyl (C=O) groups excluding carboxylic acids is 1. The molecule has 188 valence electrons. The summed E-state index contributed by atoms with van der Waals surface area (Å²) in [7, 11) is -1.84. The molecule has 1 unspecified atom stereocenters. The number of amides is 1. The number of pyridine rings is 2. The summed E-state index contributed by atoms with van der Waals surface area (Å²) >= 11 is 0. The fourth-order valence-electron chi connectivity index (χ4n) is 5.05. The number of piperidine rings is 1. The Morgan fingerprint density at radius 1 is 1.14 bits per heavy atom. The first-order chi connectivity index (χ1) is 16.5. The second-order valence-electron chi connectivity index (χ2n) is 11.7. The zero-order valence-corrected chi connectivity index (χ0v) is 22.9. The lowest BCUT2D eigenvalue weighted by Crippen LogP contribution is -2.41. The van der Waals surface area contributed by atoms with E-state index in [4.69, 9.17) is 19.1 Å². The maximum atomic E-state index is 11.9. The summed E-state index contributed by atoms with van der Waals surface area (Å²) in [5, 5.41) is 3.05. The third-order valence-corrected chi connectivity index (χ3v) is 12.7. The van der Waals surface area contributed by atoms with E-state index in [0.717, 1.165) is 67.3 Å². The van der Waals surface area contributed by atoms with E-state index in [1.807, 2.05) is 19.2 Å². The molecule has 2 aromatic heterocycles. The van der Waals surface area contributed by atoms with Gasteiger partial charge in [-0.25, -0.2) is 4.98 Å². The van der Waals surface area contributed by atoms with Crippen LogP contribution in [-0.4, -0.2) is 43.4 Å². The molecule has 0 aromatic carbocycles. The lowest BCUT2D eigenvalue weighted by molar-refractivity contribution is 0.0965. The third kappa shape index (κ3) is 4.70. The van der Waals surface area contributed by atoms with Crippen molar-refractivity contribution in [3.8, 4) is 5.75 Å². The topological polar surface area (TPSA) is 76.6 Å². The maximum absolute atomic E-state index is 11.9. The van der Waals surface area contributed by atoms with Crippen molar-refractivity contribution in [1.82, 2.24) is 15.3 Å². The molecule has 1 aliphatic carbocycles. The van der Waals surface area contributed by atoms with E-state index in [-0.39, 0.29) is 23.2 Å². The molecule has 1 atom stereocenters. The number of anilines is 1. The number of fused-ring (bicyclic) bond motifs is 2. The van der Waals surface area contributed by atoms with Gasteiger partial charge in [0.2, 0.25) is 0 Å². The van der Waals surface area contributed by atoms with Crippen molar-refractivity contribution in [2.45, 2.75) is 90.3 Å². The van der Waals surface area contributed by atoms with Gasteiger partial charge in [0.1, 0.15) is 17.7 Å². The van der Waals surface area contributed by atoms with Crippen molar-refractivity contribution in [3.63, 3.8) is 0 Å². The zero-order chi connectivity index (χ0) is 25.0. The van der Waals surface area contributed by atoms with Crippen LogP contribution in [0.3, 0.4) is 0 Å². The summed E-state index contributed by atoms with van der Waals surface area (Å²) in [5.74, 6) is 1.84. The van der Waals surface area contributed by atoms with Gasteiger partial charge in [0.25, 0.3) is 5.91 Å². The molecule has 2 aliphatic heterocycles. The number of rotatable bonds is 5. The van der Waals surface area contributed by atoms with Crippen LogP contribution in [-0.2, 0) is 17.4 Å². The molecule has 0 bridgehead atoms. The molecule has 4 heterocycles. The Labute approximate surface area is 209 Å². The van der Waals surface area contributed by atoms with E-state index in [0.29, 0.717) is 12.1 Å². The summed E-state index contributed by atoms with van der Waals surface area (Å²) in [5.41, 5.74) is 4.99. The SMILES string of the molecule is Cc1cc2c(nc1N1CCC(Oc3cnc4c(c3)CCC4O[Si](C)(C)C(C)(C)C)CC1)CNC2=O. The van der Waals surface area contributed by atoms with Gasteiger partial charge in [-0.1, -0.05) is 20.8 Å². The first-order valence-electron chi connectivity index (χ1n) is 12.9. The lowest BCUT2D eigenvalue weighted by atomic mass is 10.1. The van der Waals surface area contributed by atoms with Gasteiger partial charge in [0.15, 0.2) is 8.32 Å². The van der Waals surface area contributed by atoms with Crippen LogP contribution < -0.4 is 15.0 Å². The van der Waals surface area contributed by atoms with Gasteiger partial charge in [-0.3, -0.25) is 9.78 Å². The van der Waals surface area contributed by atoms with Crippen molar-refractivity contribution in [1.29, 1.82) is 0 Å². The normalized spacial score (nSPS) is 20.6. The Morgan fingerprint density at radius 3 is 2.60 bits per heavy atom. The number of aryl methyl sites for hydroxylation is 2. The van der Waals surface area contributed by atoms with Gasteiger partial charge in [0.05, 0.1) is 35.8 Å². The first-order valence-corrected chi connectivity index (χ1v) is 15.8. The minimum absolute atomic E-state index is 0.0184. The smallest absolute Gasteiger partial charge is 0.253 e.